The molecule has 0 aliphatic carbocycles. The molecule has 0 amide bonds. The van der Waals surface area contributed by atoms with Crippen molar-refractivity contribution >= 4 is 5.97 Å². The Hall–Kier alpha value is -2.20. The largest absolute Gasteiger partial charge is 0.465 e. The number of methoxy groups -OCH3 is 1. The van der Waals surface area contributed by atoms with Crippen molar-refractivity contribution in [1.82, 2.24) is 0 Å². The molecule has 0 spiro atoms. The summed E-state index contributed by atoms with van der Waals surface area (Å²) < 4.78 is 18.1. The second kappa shape index (κ2) is 5.63. The van der Waals surface area contributed by atoms with Gasteiger partial charge in [0.15, 0.2) is 0 Å². The average Bonchev–Trinajstić information content (AvgIpc) is 2.45. The zero-order chi connectivity index (χ0) is 13.8. The van der Waals surface area contributed by atoms with Crippen molar-refractivity contribution in [1.29, 1.82) is 0 Å². The van der Waals surface area contributed by atoms with E-state index >= 15 is 0 Å². The second-order valence-electron chi connectivity index (χ2n) is 4.12. The number of halogens is 1. The van der Waals surface area contributed by atoms with Gasteiger partial charge in [-0.3, -0.25) is 0 Å². The van der Waals surface area contributed by atoms with Crippen molar-refractivity contribution in [2.45, 2.75) is 6.54 Å². The average molecular weight is 259 g/mol. The highest BCUT2D eigenvalue weighted by Crippen LogP contribution is 2.23. The molecule has 0 bridgehead atoms. The van der Waals surface area contributed by atoms with E-state index < -0.39 is 11.8 Å². The summed E-state index contributed by atoms with van der Waals surface area (Å²) in [6.07, 6.45) is 0. The van der Waals surface area contributed by atoms with Gasteiger partial charge >= 0.3 is 5.97 Å². The maximum Gasteiger partial charge on any atom is 0.337 e. The van der Waals surface area contributed by atoms with Gasteiger partial charge in [-0.25, -0.2) is 9.18 Å². The van der Waals surface area contributed by atoms with Crippen LogP contribution in [-0.2, 0) is 11.3 Å². The van der Waals surface area contributed by atoms with Crippen LogP contribution in [0.15, 0.2) is 42.5 Å². The first kappa shape index (κ1) is 13.2. The molecule has 0 aliphatic rings. The smallest absolute Gasteiger partial charge is 0.337 e. The van der Waals surface area contributed by atoms with Crippen molar-refractivity contribution in [3.63, 3.8) is 0 Å². The molecular weight excluding hydrogens is 245 g/mol. The Morgan fingerprint density at radius 1 is 1.16 bits per heavy atom. The number of benzene rings is 2. The lowest BCUT2D eigenvalue weighted by molar-refractivity contribution is 0.0600. The van der Waals surface area contributed by atoms with E-state index in [1.807, 2.05) is 24.3 Å². The van der Waals surface area contributed by atoms with Crippen LogP contribution >= 0.6 is 0 Å². The van der Waals surface area contributed by atoms with Crippen LogP contribution in [0.1, 0.15) is 15.9 Å². The third-order valence-electron chi connectivity index (χ3n) is 2.84. The van der Waals surface area contributed by atoms with Gasteiger partial charge in [0.05, 0.1) is 12.7 Å². The first-order valence-corrected chi connectivity index (χ1v) is 5.82. The van der Waals surface area contributed by atoms with E-state index in [4.69, 9.17) is 5.73 Å². The zero-order valence-electron chi connectivity index (χ0n) is 10.5. The van der Waals surface area contributed by atoms with Crippen LogP contribution in [-0.4, -0.2) is 13.1 Å². The second-order valence-corrected chi connectivity index (χ2v) is 4.12. The molecule has 0 radical (unpaired) electrons. The minimum Gasteiger partial charge on any atom is -0.465 e. The Labute approximate surface area is 110 Å². The molecule has 0 aliphatic heterocycles. The summed E-state index contributed by atoms with van der Waals surface area (Å²) in [7, 11) is 1.27. The van der Waals surface area contributed by atoms with Crippen LogP contribution < -0.4 is 5.73 Å². The van der Waals surface area contributed by atoms with Crippen LogP contribution in [0.4, 0.5) is 4.39 Å². The summed E-state index contributed by atoms with van der Waals surface area (Å²) in [5, 5.41) is 0. The Balaban J connectivity index is 2.43. The summed E-state index contributed by atoms with van der Waals surface area (Å²) in [6.45, 7) is 0.455. The van der Waals surface area contributed by atoms with E-state index in [0.29, 0.717) is 12.1 Å². The lowest BCUT2D eigenvalue weighted by Crippen LogP contribution is -2.02. The quantitative estimate of drug-likeness (QED) is 0.862. The lowest BCUT2D eigenvalue weighted by Gasteiger charge is -2.06. The van der Waals surface area contributed by atoms with Crippen molar-refractivity contribution < 1.29 is 13.9 Å². The Kier molecular flexibility index (Phi) is 3.92. The van der Waals surface area contributed by atoms with Gasteiger partial charge in [0, 0.05) is 6.54 Å². The molecule has 0 unspecified atom stereocenters. The summed E-state index contributed by atoms with van der Waals surface area (Å²) in [4.78, 5) is 11.4. The summed E-state index contributed by atoms with van der Waals surface area (Å²) in [6, 6.07) is 11.6. The van der Waals surface area contributed by atoms with Crippen molar-refractivity contribution in [3.8, 4) is 11.1 Å². The molecule has 0 saturated carbocycles. The molecule has 98 valence electrons. The van der Waals surface area contributed by atoms with Crippen LogP contribution in [0.2, 0.25) is 0 Å². The molecule has 19 heavy (non-hydrogen) atoms. The van der Waals surface area contributed by atoms with E-state index in [0.717, 1.165) is 17.2 Å². The molecule has 3 nitrogen and oxygen atoms in total. The Morgan fingerprint density at radius 3 is 2.42 bits per heavy atom. The first-order chi connectivity index (χ1) is 9.13. The van der Waals surface area contributed by atoms with Crippen molar-refractivity contribution in [2.75, 3.05) is 7.11 Å². The van der Waals surface area contributed by atoms with Gasteiger partial charge in [-0.05, 0) is 34.9 Å². The number of carbonyl (C=O) groups is 1. The van der Waals surface area contributed by atoms with Crippen molar-refractivity contribution in [3.05, 3.63) is 59.4 Å². The van der Waals surface area contributed by atoms with Gasteiger partial charge in [0.1, 0.15) is 5.82 Å². The van der Waals surface area contributed by atoms with Crippen LogP contribution in [0.3, 0.4) is 0 Å². The predicted octanol–water partition coefficient (Wildman–Crippen LogP) is 2.74. The van der Waals surface area contributed by atoms with E-state index in [1.54, 1.807) is 6.07 Å². The molecule has 0 saturated heterocycles. The summed E-state index contributed by atoms with van der Waals surface area (Å²) in [5.41, 5.74) is 8.16. The maximum atomic E-state index is 13.5. The molecular formula is C15H14FNO2. The molecule has 2 N–H and O–H groups in total. The van der Waals surface area contributed by atoms with Gasteiger partial charge < -0.3 is 10.5 Å². The minimum absolute atomic E-state index is 0.195. The molecule has 0 fully saturated rings. The maximum absolute atomic E-state index is 13.5. The van der Waals surface area contributed by atoms with Gasteiger partial charge in [-0.1, -0.05) is 24.3 Å². The van der Waals surface area contributed by atoms with Crippen LogP contribution in [0.5, 0.6) is 0 Å². The molecule has 0 heterocycles. The SMILES string of the molecule is COC(=O)c1cc(F)cc(-c2ccc(CN)cc2)c1. The van der Waals surface area contributed by atoms with Crippen LogP contribution in [0, 0.1) is 5.82 Å². The first-order valence-electron chi connectivity index (χ1n) is 5.82. The van der Waals surface area contributed by atoms with Gasteiger partial charge in [-0.2, -0.15) is 0 Å². The predicted molar refractivity (Wildman–Crippen MR) is 71.1 cm³/mol. The highest BCUT2D eigenvalue weighted by molar-refractivity contribution is 5.91. The number of esters is 1. The Bertz CT molecular complexity index is 594. The highest BCUT2D eigenvalue weighted by atomic mass is 19.1. The fraction of sp³-hybridized carbons (Fsp3) is 0.133. The fourth-order valence-electron chi connectivity index (χ4n) is 1.83. The molecule has 2 aromatic carbocycles. The summed E-state index contributed by atoms with van der Waals surface area (Å²) in [5.74, 6) is -1.03. The molecule has 2 rings (SSSR count). The monoisotopic (exact) mass is 259 g/mol. The topological polar surface area (TPSA) is 52.3 Å². The highest BCUT2D eigenvalue weighted by Gasteiger charge is 2.10. The third kappa shape index (κ3) is 2.98. The van der Waals surface area contributed by atoms with Gasteiger partial charge in [0.25, 0.3) is 0 Å². The normalized spacial score (nSPS) is 10.3. The molecule has 4 heteroatoms. The van der Waals surface area contributed by atoms with Gasteiger partial charge in [0.2, 0.25) is 0 Å². The van der Waals surface area contributed by atoms with Crippen LogP contribution in [0.25, 0.3) is 11.1 Å². The van der Waals surface area contributed by atoms with E-state index in [1.165, 1.54) is 13.2 Å². The minimum atomic E-state index is -0.556. The molecule has 0 aromatic heterocycles. The number of hydrogen-bond donors (Lipinski definition) is 1. The van der Waals surface area contributed by atoms with E-state index in [2.05, 4.69) is 4.74 Å². The number of carbonyl (C=O) groups excluding carboxylic acids is 1. The third-order valence-corrected chi connectivity index (χ3v) is 2.84. The van der Waals surface area contributed by atoms with Crippen molar-refractivity contribution in [2.24, 2.45) is 5.73 Å². The number of nitrogens with two attached hydrogens (primary N) is 1. The zero-order valence-corrected chi connectivity index (χ0v) is 10.5. The molecule has 2 aromatic rings. The van der Waals surface area contributed by atoms with Gasteiger partial charge in [-0.15, -0.1) is 0 Å². The standard InChI is InChI=1S/C15H14FNO2/c1-19-15(18)13-6-12(7-14(16)8-13)11-4-2-10(9-17)3-5-11/h2-8H,9,17H2,1H3. The van der Waals surface area contributed by atoms with E-state index in [9.17, 15) is 9.18 Å². The molecule has 0 atom stereocenters. The van der Waals surface area contributed by atoms with E-state index in [-0.39, 0.29) is 5.56 Å². The number of ether oxygens (including phenoxy) is 1. The Morgan fingerprint density at radius 2 is 1.84 bits per heavy atom. The number of hydrogen-bond acceptors (Lipinski definition) is 3. The number of rotatable bonds is 3. The fourth-order valence-corrected chi connectivity index (χ4v) is 1.83. The lowest BCUT2D eigenvalue weighted by atomic mass is 10.0. The summed E-state index contributed by atoms with van der Waals surface area (Å²) >= 11 is 0.